The minimum Gasteiger partial charge on any atom is -0.411 e. The average Bonchev–Trinajstić information content (AvgIpc) is 2.34. The molecule has 0 spiro atoms. The van der Waals surface area contributed by atoms with Gasteiger partial charge in [0.25, 0.3) is 0 Å². The molecule has 0 saturated carbocycles. The van der Waals surface area contributed by atoms with Crippen molar-refractivity contribution in [2.75, 3.05) is 0 Å². The van der Waals surface area contributed by atoms with Gasteiger partial charge in [-0.25, -0.2) is 4.98 Å². The summed E-state index contributed by atoms with van der Waals surface area (Å²) in [7, 11) is 0. The van der Waals surface area contributed by atoms with Crippen LogP contribution in [0.4, 0.5) is 13.2 Å². The van der Waals surface area contributed by atoms with E-state index in [0.717, 1.165) is 17.0 Å². The first kappa shape index (κ1) is 9.56. The number of hydrogen-bond donors (Lipinski definition) is 1. The fourth-order valence-electron chi connectivity index (χ4n) is 0.827. The molecule has 0 aliphatic heterocycles. The Morgan fingerprint density at radius 1 is 1.62 bits per heavy atom. The minimum absolute atomic E-state index is 0.0418. The van der Waals surface area contributed by atoms with Gasteiger partial charge >= 0.3 is 6.18 Å². The monoisotopic (exact) mass is 193 g/mol. The molecule has 0 aliphatic carbocycles. The Balaban J connectivity index is 2.82. The highest BCUT2D eigenvalue weighted by molar-refractivity contribution is 5.74. The van der Waals surface area contributed by atoms with E-state index in [1.165, 1.54) is 6.20 Å². The molecular formula is C6H6F3N3O. The van der Waals surface area contributed by atoms with Crippen molar-refractivity contribution >= 4 is 6.21 Å². The Bertz CT molecular complexity index is 304. The predicted octanol–water partition coefficient (Wildman–Crippen LogP) is 1.25. The maximum Gasteiger partial charge on any atom is 0.406 e. The van der Waals surface area contributed by atoms with E-state index in [4.69, 9.17) is 5.21 Å². The van der Waals surface area contributed by atoms with Crippen molar-refractivity contribution < 1.29 is 18.4 Å². The van der Waals surface area contributed by atoms with E-state index in [0.29, 0.717) is 0 Å². The third-order valence-corrected chi connectivity index (χ3v) is 1.27. The van der Waals surface area contributed by atoms with Crippen LogP contribution in [0.25, 0.3) is 0 Å². The molecule has 0 unspecified atom stereocenters. The fourth-order valence-corrected chi connectivity index (χ4v) is 0.827. The summed E-state index contributed by atoms with van der Waals surface area (Å²) < 4.78 is 36.5. The Kier molecular flexibility index (Phi) is 2.54. The van der Waals surface area contributed by atoms with Crippen molar-refractivity contribution in [2.45, 2.75) is 12.7 Å². The molecule has 0 amide bonds. The number of rotatable bonds is 2. The van der Waals surface area contributed by atoms with Crippen LogP contribution in [0, 0.1) is 0 Å². The molecule has 1 rings (SSSR count). The smallest absolute Gasteiger partial charge is 0.406 e. The zero-order chi connectivity index (χ0) is 9.90. The molecule has 0 bridgehead atoms. The lowest BCUT2D eigenvalue weighted by Gasteiger charge is -2.07. The summed E-state index contributed by atoms with van der Waals surface area (Å²) in [6.45, 7) is -1.14. The lowest BCUT2D eigenvalue weighted by Crippen LogP contribution is -2.18. The third kappa shape index (κ3) is 2.77. The van der Waals surface area contributed by atoms with Gasteiger partial charge in [-0.3, -0.25) is 0 Å². The minimum atomic E-state index is -4.31. The second kappa shape index (κ2) is 3.46. The molecule has 1 heterocycles. The van der Waals surface area contributed by atoms with Crippen molar-refractivity contribution in [1.29, 1.82) is 0 Å². The maximum atomic E-state index is 11.9. The zero-order valence-corrected chi connectivity index (χ0v) is 6.36. The van der Waals surface area contributed by atoms with Crippen LogP contribution in [0.2, 0.25) is 0 Å². The summed E-state index contributed by atoms with van der Waals surface area (Å²) in [6, 6.07) is 0. The third-order valence-electron chi connectivity index (χ3n) is 1.27. The van der Waals surface area contributed by atoms with Gasteiger partial charge < -0.3 is 9.77 Å². The molecule has 72 valence electrons. The first-order chi connectivity index (χ1) is 6.03. The molecule has 0 atom stereocenters. The SMILES string of the molecule is O/N=C/c1nccn1CC(F)(F)F. The highest BCUT2D eigenvalue weighted by Gasteiger charge is 2.28. The summed E-state index contributed by atoms with van der Waals surface area (Å²) in [5.74, 6) is -0.0418. The number of nitrogens with zero attached hydrogens (tertiary/aromatic N) is 3. The quantitative estimate of drug-likeness (QED) is 0.436. The van der Waals surface area contributed by atoms with Gasteiger partial charge in [-0.05, 0) is 0 Å². The van der Waals surface area contributed by atoms with E-state index in [-0.39, 0.29) is 5.82 Å². The van der Waals surface area contributed by atoms with E-state index in [2.05, 4.69) is 10.1 Å². The van der Waals surface area contributed by atoms with Gasteiger partial charge in [0.05, 0.1) is 0 Å². The molecular weight excluding hydrogens is 187 g/mol. The van der Waals surface area contributed by atoms with Crippen LogP contribution < -0.4 is 0 Å². The molecule has 1 aromatic heterocycles. The first-order valence-electron chi connectivity index (χ1n) is 3.28. The molecule has 1 aromatic rings. The first-order valence-corrected chi connectivity index (χ1v) is 3.28. The molecule has 1 N–H and O–H groups in total. The van der Waals surface area contributed by atoms with Crippen LogP contribution in [-0.4, -0.2) is 27.1 Å². The Hall–Kier alpha value is -1.53. The normalized spacial score (nSPS) is 12.5. The van der Waals surface area contributed by atoms with Gasteiger partial charge in [0, 0.05) is 12.4 Å². The molecule has 13 heavy (non-hydrogen) atoms. The van der Waals surface area contributed by atoms with Gasteiger partial charge in [0.15, 0.2) is 5.82 Å². The Morgan fingerprint density at radius 3 is 2.85 bits per heavy atom. The number of alkyl halides is 3. The van der Waals surface area contributed by atoms with Crippen molar-refractivity contribution in [3.8, 4) is 0 Å². The van der Waals surface area contributed by atoms with Crippen molar-refractivity contribution in [3.05, 3.63) is 18.2 Å². The van der Waals surface area contributed by atoms with Gasteiger partial charge in [0.2, 0.25) is 0 Å². The lowest BCUT2D eigenvalue weighted by molar-refractivity contribution is -0.140. The van der Waals surface area contributed by atoms with E-state index in [9.17, 15) is 13.2 Å². The van der Waals surface area contributed by atoms with Crippen LogP contribution in [0.1, 0.15) is 5.82 Å². The summed E-state index contributed by atoms with van der Waals surface area (Å²) >= 11 is 0. The lowest BCUT2D eigenvalue weighted by atomic mass is 10.5. The molecule has 4 nitrogen and oxygen atoms in total. The second-order valence-electron chi connectivity index (χ2n) is 2.27. The van der Waals surface area contributed by atoms with Gasteiger partial charge in [-0.1, -0.05) is 5.16 Å². The summed E-state index contributed by atoms with van der Waals surface area (Å²) in [4.78, 5) is 3.54. The Morgan fingerprint density at radius 2 is 2.31 bits per heavy atom. The highest BCUT2D eigenvalue weighted by Crippen LogP contribution is 2.17. The molecule has 0 saturated heterocycles. The number of oxime groups is 1. The number of imidazole rings is 1. The topological polar surface area (TPSA) is 50.4 Å². The van der Waals surface area contributed by atoms with Gasteiger partial charge in [0.1, 0.15) is 12.8 Å². The highest BCUT2D eigenvalue weighted by atomic mass is 19.4. The van der Waals surface area contributed by atoms with Crippen LogP contribution >= 0.6 is 0 Å². The Labute approximate surface area is 71.3 Å². The zero-order valence-electron chi connectivity index (χ0n) is 6.36. The van der Waals surface area contributed by atoms with Crippen molar-refractivity contribution in [3.63, 3.8) is 0 Å². The maximum absolute atomic E-state index is 11.9. The fraction of sp³-hybridized carbons (Fsp3) is 0.333. The number of hydrogen-bond acceptors (Lipinski definition) is 3. The molecule has 0 aromatic carbocycles. The van der Waals surface area contributed by atoms with E-state index >= 15 is 0 Å². The standard InChI is InChI=1S/C6H6F3N3O/c7-6(8,9)4-12-2-1-10-5(12)3-11-13/h1-3,13H,4H2/b11-3+. The van der Waals surface area contributed by atoms with Crippen molar-refractivity contribution in [1.82, 2.24) is 9.55 Å². The molecule has 0 aliphatic rings. The number of halogens is 3. The van der Waals surface area contributed by atoms with Gasteiger partial charge in [-0.15, -0.1) is 0 Å². The molecule has 0 radical (unpaired) electrons. The average molecular weight is 193 g/mol. The van der Waals surface area contributed by atoms with Crippen LogP contribution in [0.5, 0.6) is 0 Å². The molecule has 0 fully saturated rings. The van der Waals surface area contributed by atoms with Crippen LogP contribution in [-0.2, 0) is 6.54 Å². The van der Waals surface area contributed by atoms with Crippen molar-refractivity contribution in [2.24, 2.45) is 5.16 Å². The largest absolute Gasteiger partial charge is 0.411 e. The second-order valence-corrected chi connectivity index (χ2v) is 2.27. The van der Waals surface area contributed by atoms with Crippen LogP contribution in [0.3, 0.4) is 0 Å². The van der Waals surface area contributed by atoms with Crippen LogP contribution in [0.15, 0.2) is 17.5 Å². The predicted molar refractivity (Wildman–Crippen MR) is 37.7 cm³/mol. The van der Waals surface area contributed by atoms with E-state index in [1.807, 2.05) is 0 Å². The van der Waals surface area contributed by atoms with E-state index in [1.54, 1.807) is 0 Å². The molecule has 7 heteroatoms. The summed E-state index contributed by atoms with van der Waals surface area (Å²) in [5.41, 5.74) is 0. The summed E-state index contributed by atoms with van der Waals surface area (Å²) in [6.07, 6.45) is -1.11. The number of aromatic nitrogens is 2. The van der Waals surface area contributed by atoms with Gasteiger partial charge in [-0.2, -0.15) is 13.2 Å². The summed E-state index contributed by atoms with van der Waals surface area (Å²) in [5, 5.41) is 10.7. The van der Waals surface area contributed by atoms with E-state index < -0.39 is 12.7 Å².